The Kier molecular flexibility index (Phi) is 7.56. The van der Waals surface area contributed by atoms with Gasteiger partial charge in [0, 0.05) is 6.54 Å². The number of carbonyl (C=O) groups is 1. The summed E-state index contributed by atoms with van der Waals surface area (Å²) < 4.78 is 21.7. The number of thioether (sulfide) groups is 1. The molecule has 0 saturated carbocycles. The maximum absolute atomic E-state index is 13.7. The molecule has 8 heteroatoms. The van der Waals surface area contributed by atoms with Crippen molar-refractivity contribution < 1.29 is 13.9 Å². The number of benzene rings is 2. The van der Waals surface area contributed by atoms with E-state index >= 15 is 0 Å². The second-order valence-electron chi connectivity index (χ2n) is 8.44. The first-order valence-electron chi connectivity index (χ1n) is 10.6. The van der Waals surface area contributed by atoms with Gasteiger partial charge < -0.3 is 14.6 Å². The van der Waals surface area contributed by atoms with Crippen molar-refractivity contribution >= 4 is 23.4 Å². The summed E-state index contributed by atoms with van der Waals surface area (Å²) in [5, 5.41) is 11.7. The number of hydrogen-bond acceptors (Lipinski definition) is 5. The number of anilines is 1. The summed E-state index contributed by atoms with van der Waals surface area (Å²) in [5.41, 5.74) is 1.48. The molecular weight excluding hydrogens is 427 g/mol. The van der Waals surface area contributed by atoms with Crippen LogP contribution < -0.4 is 10.1 Å². The van der Waals surface area contributed by atoms with E-state index in [0.717, 1.165) is 5.75 Å². The van der Waals surface area contributed by atoms with Gasteiger partial charge in [-0.25, -0.2) is 4.39 Å². The normalized spacial score (nSPS) is 12.4. The smallest absolute Gasteiger partial charge is 0.234 e. The van der Waals surface area contributed by atoms with Crippen LogP contribution in [0.4, 0.5) is 10.1 Å². The molecule has 0 bridgehead atoms. The van der Waals surface area contributed by atoms with Gasteiger partial charge in [-0.2, -0.15) is 0 Å². The lowest BCUT2D eigenvalue weighted by atomic mass is 9.87. The number of halogens is 1. The van der Waals surface area contributed by atoms with Crippen molar-refractivity contribution in [3.8, 4) is 5.75 Å². The third-order valence-corrected chi connectivity index (χ3v) is 5.91. The third-order valence-electron chi connectivity index (χ3n) is 4.94. The van der Waals surface area contributed by atoms with E-state index in [1.807, 2.05) is 30.5 Å². The molecule has 0 aliphatic carbocycles. The van der Waals surface area contributed by atoms with Gasteiger partial charge >= 0.3 is 0 Å². The van der Waals surface area contributed by atoms with E-state index in [4.69, 9.17) is 4.74 Å². The molecule has 1 atom stereocenters. The van der Waals surface area contributed by atoms with E-state index in [-0.39, 0.29) is 28.9 Å². The first kappa shape index (κ1) is 23.8. The Balaban J connectivity index is 1.63. The lowest BCUT2D eigenvalue weighted by molar-refractivity contribution is -0.113. The van der Waals surface area contributed by atoms with Gasteiger partial charge in [0.1, 0.15) is 11.6 Å². The van der Waals surface area contributed by atoms with Crippen LogP contribution in [0.15, 0.2) is 53.7 Å². The first-order valence-corrected chi connectivity index (χ1v) is 11.5. The molecule has 2 aromatic carbocycles. The topological polar surface area (TPSA) is 69.0 Å². The molecule has 3 aromatic rings. The van der Waals surface area contributed by atoms with Gasteiger partial charge in [0.2, 0.25) is 5.91 Å². The number of aromatic nitrogens is 3. The van der Waals surface area contributed by atoms with Crippen LogP contribution in [0, 0.1) is 5.82 Å². The zero-order valence-electron chi connectivity index (χ0n) is 19.1. The van der Waals surface area contributed by atoms with Gasteiger partial charge in [0.15, 0.2) is 17.1 Å². The molecule has 1 amide bonds. The molecule has 0 fully saturated rings. The minimum absolute atomic E-state index is 0.0806. The van der Waals surface area contributed by atoms with Crippen LogP contribution in [-0.4, -0.2) is 26.4 Å². The van der Waals surface area contributed by atoms with E-state index < -0.39 is 5.82 Å². The largest absolute Gasteiger partial charge is 0.483 e. The summed E-state index contributed by atoms with van der Waals surface area (Å²) in [6.07, 6.45) is -0.315. The maximum atomic E-state index is 13.7. The summed E-state index contributed by atoms with van der Waals surface area (Å²) in [6.45, 7) is 11.1. The van der Waals surface area contributed by atoms with Crippen molar-refractivity contribution in [1.82, 2.24) is 14.8 Å². The van der Waals surface area contributed by atoms with Crippen LogP contribution in [0.2, 0.25) is 0 Å². The Morgan fingerprint density at radius 3 is 2.47 bits per heavy atom. The highest BCUT2D eigenvalue weighted by Gasteiger charge is 2.20. The lowest BCUT2D eigenvalue weighted by Gasteiger charge is -2.20. The van der Waals surface area contributed by atoms with Crippen molar-refractivity contribution in [2.24, 2.45) is 0 Å². The van der Waals surface area contributed by atoms with Crippen LogP contribution in [-0.2, 0) is 16.8 Å². The summed E-state index contributed by atoms with van der Waals surface area (Å²) in [4.78, 5) is 12.2. The molecule has 0 saturated heterocycles. The van der Waals surface area contributed by atoms with Crippen LogP contribution >= 0.6 is 11.8 Å². The van der Waals surface area contributed by atoms with E-state index in [9.17, 15) is 9.18 Å². The molecular formula is C24H29FN4O2S. The number of carbonyl (C=O) groups excluding carboxylic acids is 1. The number of ether oxygens (including phenoxy) is 1. The van der Waals surface area contributed by atoms with E-state index in [2.05, 4.69) is 48.4 Å². The van der Waals surface area contributed by atoms with Crippen LogP contribution in [0.3, 0.4) is 0 Å². The Morgan fingerprint density at radius 1 is 1.16 bits per heavy atom. The van der Waals surface area contributed by atoms with Gasteiger partial charge in [-0.3, -0.25) is 4.79 Å². The molecule has 1 N–H and O–H groups in total. The zero-order valence-corrected chi connectivity index (χ0v) is 19.9. The SMILES string of the molecule is CCn1c(SCC(=O)Nc2ccccc2F)nnc1C(C)Oc1ccc(C(C)(C)C)cc1. The molecule has 0 aliphatic rings. The van der Waals surface area contributed by atoms with Gasteiger partial charge in [-0.15, -0.1) is 10.2 Å². The standard InChI is InChI=1S/C24H29FN4O2S/c1-6-29-22(16(2)31-18-13-11-17(12-14-18)24(3,4)5)27-28-23(29)32-15-21(30)26-20-10-8-7-9-19(20)25/h7-14,16H,6,15H2,1-5H3,(H,26,30). The van der Waals surface area contributed by atoms with Crippen molar-refractivity contribution in [1.29, 1.82) is 0 Å². The summed E-state index contributed by atoms with van der Waals surface area (Å²) >= 11 is 1.25. The highest BCUT2D eigenvalue weighted by molar-refractivity contribution is 7.99. The van der Waals surface area contributed by atoms with E-state index in [1.54, 1.807) is 12.1 Å². The molecule has 0 aliphatic heterocycles. The summed E-state index contributed by atoms with van der Waals surface area (Å²) in [6, 6.07) is 14.2. The Morgan fingerprint density at radius 2 is 1.84 bits per heavy atom. The highest BCUT2D eigenvalue weighted by atomic mass is 32.2. The quantitative estimate of drug-likeness (QED) is 0.447. The van der Waals surface area contributed by atoms with Crippen molar-refractivity contribution in [3.05, 3.63) is 65.7 Å². The van der Waals surface area contributed by atoms with Crippen molar-refractivity contribution in [2.75, 3.05) is 11.1 Å². The second-order valence-corrected chi connectivity index (χ2v) is 9.38. The third kappa shape index (κ3) is 5.88. The molecule has 1 unspecified atom stereocenters. The predicted octanol–water partition coefficient (Wildman–Crippen LogP) is 5.61. The Labute approximate surface area is 192 Å². The number of para-hydroxylation sites is 1. The second kappa shape index (κ2) is 10.2. The van der Waals surface area contributed by atoms with E-state index in [1.165, 1.54) is 29.5 Å². The molecule has 170 valence electrons. The highest BCUT2D eigenvalue weighted by Crippen LogP contribution is 2.28. The number of hydrogen-bond donors (Lipinski definition) is 1. The van der Waals surface area contributed by atoms with E-state index in [0.29, 0.717) is 17.5 Å². The number of nitrogens with zero attached hydrogens (tertiary/aromatic N) is 3. The molecule has 3 rings (SSSR count). The molecule has 0 radical (unpaired) electrons. The molecule has 0 spiro atoms. The zero-order chi connectivity index (χ0) is 23.3. The maximum Gasteiger partial charge on any atom is 0.234 e. The fourth-order valence-electron chi connectivity index (χ4n) is 3.17. The number of rotatable bonds is 8. The minimum atomic E-state index is -0.466. The fourth-order valence-corrected chi connectivity index (χ4v) is 3.98. The molecule has 1 aromatic heterocycles. The van der Waals surface area contributed by atoms with Crippen LogP contribution in [0.5, 0.6) is 5.75 Å². The molecule has 6 nitrogen and oxygen atoms in total. The monoisotopic (exact) mass is 456 g/mol. The average molecular weight is 457 g/mol. The Bertz CT molecular complexity index is 1060. The average Bonchev–Trinajstić information content (AvgIpc) is 3.17. The van der Waals surface area contributed by atoms with Crippen LogP contribution in [0.25, 0.3) is 0 Å². The number of nitrogens with one attached hydrogen (secondary N) is 1. The van der Waals surface area contributed by atoms with Gasteiger partial charge in [-0.1, -0.05) is 56.8 Å². The minimum Gasteiger partial charge on any atom is -0.483 e. The molecule has 32 heavy (non-hydrogen) atoms. The van der Waals surface area contributed by atoms with Crippen LogP contribution in [0.1, 0.15) is 52.1 Å². The molecule has 1 heterocycles. The lowest BCUT2D eigenvalue weighted by Crippen LogP contribution is -2.16. The van der Waals surface area contributed by atoms with Gasteiger partial charge in [-0.05, 0) is 49.1 Å². The Hall–Kier alpha value is -2.87. The van der Waals surface area contributed by atoms with Crippen molar-refractivity contribution in [3.63, 3.8) is 0 Å². The fraction of sp³-hybridized carbons (Fsp3) is 0.375. The van der Waals surface area contributed by atoms with Crippen molar-refractivity contribution in [2.45, 2.75) is 57.8 Å². The van der Waals surface area contributed by atoms with Gasteiger partial charge in [0.05, 0.1) is 11.4 Å². The van der Waals surface area contributed by atoms with Gasteiger partial charge in [0.25, 0.3) is 0 Å². The predicted molar refractivity (Wildman–Crippen MR) is 126 cm³/mol. The number of amides is 1. The summed E-state index contributed by atoms with van der Waals surface area (Å²) in [7, 11) is 0. The summed E-state index contributed by atoms with van der Waals surface area (Å²) in [5.74, 6) is 0.761. The first-order chi connectivity index (χ1) is 15.2.